The van der Waals surface area contributed by atoms with E-state index >= 15 is 0 Å². The Morgan fingerprint density at radius 3 is 2.56 bits per heavy atom. The van der Waals surface area contributed by atoms with Crippen molar-refractivity contribution in [2.45, 2.75) is 37.5 Å². The zero-order chi connectivity index (χ0) is 19.1. The largest absolute Gasteiger partial charge is 0.369 e. The highest BCUT2D eigenvalue weighted by molar-refractivity contribution is 7.89. The lowest BCUT2D eigenvalue weighted by molar-refractivity contribution is 0.580. The molecule has 0 amide bonds. The van der Waals surface area contributed by atoms with E-state index in [9.17, 15) is 8.42 Å². The molecule has 0 radical (unpaired) electrons. The Bertz CT molecular complexity index is 966. The maximum absolute atomic E-state index is 12.4. The summed E-state index contributed by atoms with van der Waals surface area (Å²) in [5.41, 5.74) is 1.18. The Kier molecular flexibility index (Phi) is 6.82. The minimum atomic E-state index is -3.46. The predicted octanol–water partition coefficient (Wildman–Crippen LogP) is 4.42. The van der Waals surface area contributed by atoms with Crippen LogP contribution in [0.15, 0.2) is 53.4 Å². The van der Waals surface area contributed by atoms with Crippen molar-refractivity contribution in [1.29, 1.82) is 0 Å². The van der Waals surface area contributed by atoms with Crippen molar-refractivity contribution in [3.63, 3.8) is 0 Å². The number of aryl methyl sites for hydroxylation is 1. The van der Waals surface area contributed by atoms with Gasteiger partial charge in [0, 0.05) is 18.5 Å². The van der Waals surface area contributed by atoms with Gasteiger partial charge in [0.15, 0.2) is 0 Å². The molecule has 3 rings (SSSR count). The molecule has 1 heterocycles. The molecule has 3 aromatic rings. The van der Waals surface area contributed by atoms with Crippen LogP contribution in [-0.2, 0) is 16.4 Å². The molecule has 0 saturated carbocycles. The molecule has 0 fully saturated rings. The third-order valence-electron chi connectivity index (χ3n) is 4.37. The highest BCUT2D eigenvalue weighted by Gasteiger charge is 2.13. The quantitative estimate of drug-likeness (QED) is 0.492. The maximum atomic E-state index is 12.4. The minimum Gasteiger partial charge on any atom is -0.369 e. The first-order chi connectivity index (χ1) is 13.1. The van der Waals surface area contributed by atoms with Crippen LogP contribution in [0.1, 0.15) is 31.7 Å². The van der Waals surface area contributed by atoms with Gasteiger partial charge in [-0.25, -0.2) is 13.1 Å². The number of sulfonamides is 1. The molecule has 1 aromatic heterocycles. The Morgan fingerprint density at radius 2 is 1.78 bits per heavy atom. The van der Waals surface area contributed by atoms with E-state index < -0.39 is 10.0 Å². The normalized spacial score (nSPS) is 11.7. The minimum absolute atomic E-state index is 0.321. The predicted molar refractivity (Wildman–Crippen MR) is 113 cm³/mol. The molecule has 0 aliphatic heterocycles. The van der Waals surface area contributed by atoms with Gasteiger partial charge in [-0.2, -0.15) is 4.37 Å². The number of rotatable bonds is 10. The van der Waals surface area contributed by atoms with Crippen LogP contribution in [0.5, 0.6) is 0 Å². The fourth-order valence-corrected chi connectivity index (χ4v) is 4.64. The molecule has 0 bridgehead atoms. The van der Waals surface area contributed by atoms with E-state index in [0.29, 0.717) is 24.4 Å². The first-order valence-corrected chi connectivity index (χ1v) is 11.5. The Morgan fingerprint density at radius 1 is 1.00 bits per heavy atom. The number of fused-ring (bicyclic) bond motifs is 1. The van der Waals surface area contributed by atoms with Gasteiger partial charge in [0.1, 0.15) is 5.82 Å². The second kappa shape index (κ2) is 9.30. The smallest absolute Gasteiger partial charge is 0.240 e. The molecular formula is C20H25N3O2S2. The number of unbranched alkanes of at least 4 members (excludes halogenated alkanes) is 1. The van der Waals surface area contributed by atoms with Crippen LogP contribution in [-0.4, -0.2) is 25.9 Å². The molecule has 0 saturated heterocycles. The average Bonchev–Trinajstić information content (AvgIpc) is 3.09. The number of nitrogens with one attached hydrogen (secondary N) is 2. The lowest BCUT2D eigenvalue weighted by Crippen LogP contribution is -2.26. The van der Waals surface area contributed by atoms with E-state index in [2.05, 4.69) is 21.3 Å². The van der Waals surface area contributed by atoms with Gasteiger partial charge >= 0.3 is 0 Å². The Hall–Kier alpha value is -1.96. The van der Waals surface area contributed by atoms with Crippen molar-refractivity contribution >= 4 is 37.5 Å². The van der Waals surface area contributed by atoms with Crippen molar-refractivity contribution < 1.29 is 8.42 Å². The van der Waals surface area contributed by atoms with E-state index in [0.717, 1.165) is 35.2 Å². The second-order valence-corrected chi connectivity index (χ2v) is 9.02. The topological polar surface area (TPSA) is 71.1 Å². The summed E-state index contributed by atoms with van der Waals surface area (Å²) >= 11 is 1.46. The van der Waals surface area contributed by atoms with Gasteiger partial charge in [0.05, 0.1) is 9.60 Å². The molecule has 0 atom stereocenters. The summed E-state index contributed by atoms with van der Waals surface area (Å²) in [5, 5.41) is 4.39. The fourth-order valence-electron chi connectivity index (χ4n) is 2.81. The third kappa shape index (κ3) is 5.28. The fraction of sp³-hybridized carbons (Fsp3) is 0.350. The van der Waals surface area contributed by atoms with Crippen LogP contribution in [0.4, 0.5) is 5.82 Å². The van der Waals surface area contributed by atoms with Gasteiger partial charge in [0.2, 0.25) is 10.0 Å². The number of benzene rings is 2. The van der Waals surface area contributed by atoms with E-state index in [1.54, 1.807) is 12.1 Å². The molecule has 27 heavy (non-hydrogen) atoms. The van der Waals surface area contributed by atoms with Gasteiger partial charge in [-0.3, -0.25) is 0 Å². The van der Waals surface area contributed by atoms with E-state index in [1.807, 2.05) is 36.4 Å². The van der Waals surface area contributed by atoms with Gasteiger partial charge in [0.25, 0.3) is 0 Å². The zero-order valence-electron chi connectivity index (χ0n) is 15.4. The summed E-state index contributed by atoms with van der Waals surface area (Å²) in [6.07, 6.45) is 3.92. The monoisotopic (exact) mass is 403 g/mol. The Balaban J connectivity index is 1.46. The van der Waals surface area contributed by atoms with Crippen molar-refractivity contribution in [3.8, 4) is 0 Å². The highest BCUT2D eigenvalue weighted by Crippen LogP contribution is 2.25. The Labute approximate surface area is 165 Å². The van der Waals surface area contributed by atoms with Gasteiger partial charge in [-0.15, -0.1) is 0 Å². The van der Waals surface area contributed by atoms with E-state index in [1.165, 1.54) is 17.1 Å². The van der Waals surface area contributed by atoms with Gasteiger partial charge in [-0.1, -0.05) is 37.6 Å². The molecule has 2 aromatic carbocycles. The van der Waals surface area contributed by atoms with Crippen LogP contribution < -0.4 is 10.0 Å². The van der Waals surface area contributed by atoms with E-state index in [4.69, 9.17) is 0 Å². The van der Waals surface area contributed by atoms with Crippen molar-refractivity contribution in [3.05, 3.63) is 54.1 Å². The van der Waals surface area contributed by atoms with Gasteiger partial charge in [-0.05, 0) is 60.6 Å². The van der Waals surface area contributed by atoms with Gasteiger partial charge < -0.3 is 5.32 Å². The number of hydrogen-bond acceptors (Lipinski definition) is 5. The molecule has 0 aliphatic carbocycles. The number of nitrogens with zero attached hydrogens (tertiary/aromatic N) is 1. The van der Waals surface area contributed by atoms with E-state index in [-0.39, 0.29) is 0 Å². The standard InChI is InChI=1S/C20H25N3O2S2/c1-2-3-7-16-10-12-17(13-11-16)27(24,25)22-15-6-14-21-20-18-8-4-5-9-19(18)26-23-20/h4-5,8-13,22H,2-3,6-7,14-15H2,1H3,(H,21,23). The average molecular weight is 404 g/mol. The maximum Gasteiger partial charge on any atom is 0.240 e. The van der Waals surface area contributed by atoms with Crippen LogP contribution >= 0.6 is 11.5 Å². The first kappa shape index (κ1) is 19.8. The zero-order valence-corrected chi connectivity index (χ0v) is 17.1. The van der Waals surface area contributed by atoms with Crippen molar-refractivity contribution in [1.82, 2.24) is 9.10 Å². The molecule has 0 unspecified atom stereocenters. The molecular weight excluding hydrogens is 378 g/mol. The van der Waals surface area contributed by atoms with Crippen LogP contribution in [0, 0.1) is 0 Å². The molecule has 7 heteroatoms. The lowest BCUT2D eigenvalue weighted by Gasteiger charge is -2.08. The van der Waals surface area contributed by atoms with Crippen LogP contribution in [0.25, 0.3) is 10.1 Å². The number of aromatic nitrogens is 1. The lowest BCUT2D eigenvalue weighted by atomic mass is 10.1. The third-order valence-corrected chi connectivity index (χ3v) is 6.67. The molecule has 2 N–H and O–H groups in total. The second-order valence-electron chi connectivity index (χ2n) is 6.45. The number of anilines is 1. The van der Waals surface area contributed by atoms with Crippen LogP contribution in [0.3, 0.4) is 0 Å². The summed E-state index contributed by atoms with van der Waals surface area (Å²) in [6.45, 7) is 3.19. The van der Waals surface area contributed by atoms with Crippen molar-refractivity contribution in [2.24, 2.45) is 0 Å². The SMILES string of the molecule is CCCCc1ccc(S(=O)(=O)NCCCNc2nsc3ccccc23)cc1. The summed E-state index contributed by atoms with van der Waals surface area (Å²) in [4.78, 5) is 0.321. The highest BCUT2D eigenvalue weighted by atomic mass is 32.2. The van der Waals surface area contributed by atoms with Crippen LogP contribution in [0.2, 0.25) is 0 Å². The summed E-state index contributed by atoms with van der Waals surface area (Å²) in [7, 11) is -3.46. The molecule has 0 spiro atoms. The molecule has 144 valence electrons. The summed E-state index contributed by atoms with van der Waals surface area (Å²) in [5.74, 6) is 0.862. The molecule has 5 nitrogen and oxygen atoms in total. The summed E-state index contributed by atoms with van der Waals surface area (Å²) < 4.78 is 33.0. The molecule has 0 aliphatic rings. The number of hydrogen-bond donors (Lipinski definition) is 2. The first-order valence-electron chi connectivity index (χ1n) is 9.27. The summed E-state index contributed by atoms with van der Waals surface area (Å²) in [6, 6.07) is 15.2. The van der Waals surface area contributed by atoms with Crippen molar-refractivity contribution in [2.75, 3.05) is 18.4 Å².